The Kier molecular flexibility index (Phi) is 5.57. The highest BCUT2D eigenvalue weighted by Gasteiger charge is 2.23. The maximum atomic E-state index is 12.1. The number of rotatable bonds is 5. The van der Waals surface area contributed by atoms with Gasteiger partial charge in [-0.15, -0.1) is 0 Å². The van der Waals surface area contributed by atoms with Gasteiger partial charge in [0, 0.05) is 10.9 Å². The molecule has 1 amide bonds. The Morgan fingerprint density at radius 2 is 1.86 bits per heavy atom. The molecule has 0 fully saturated rings. The highest BCUT2D eigenvalue weighted by Crippen LogP contribution is 2.27. The first-order valence-corrected chi connectivity index (χ1v) is 7.67. The summed E-state index contributed by atoms with van der Waals surface area (Å²) in [5.74, 6) is -2.33. The fraction of sp³-hybridized carbons (Fsp3) is 0.125. The molecule has 2 N–H and O–H groups in total. The minimum Gasteiger partial charge on any atom is -0.481 e. The van der Waals surface area contributed by atoms with Crippen LogP contribution in [0.2, 0.25) is 5.02 Å². The van der Waals surface area contributed by atoms with Crippen LogP contribution in [0.15, 0.2) is 53.0 Å². The normalized spacial score (nSPS) is 11.7. The average molecular weight is 383 g/mol. The number of carbonyl (C=O) groups excluding carboxylic acids is 1. The van der Waals surface area contributed by atoms with Gasteiger partial charge in [-0.1, -0.05) is 57.9 Å². The van der Waals surface area contributed by atoms with Gasteiger partial charge in [-0.25, -0.2) is 0 Å². The lowest BCUT2D eigenvalue weighted by atomic mass is 9.95. The molecule has 0 saturated carbocycles. The van der Waals surface area contributed by atoms with E-state index in [0.717, 1.165) is 4.47 Å². The molecule has 2 aromatic carbocycles. The summed E-state index contributed by atoms with van der Waals surface area (Å²) in [6, 6.07) is 13.7. The third kappa shape index (κ3) is 4.32. The van der Waals surface area contributed by atoms with E-state index in [1.54, 1.807) is 48.5 Å². The van der Waals surface area contributed by atoms with E-state index < -0.39 is 17.8 Å². The number of halogens is 2. The summed E-state index contributed by atoms with van der Waals surface area (Å²) in [4.78, 5) is 23.5. The van der Waals surface area contributed by atoms with Crippen molar-refractivity contribution in [3.05, 3.63) is 63.6 Å². The Morgan fingerprint density at radius 3 is 2.45 bits per heavy atom. The van der Waals surface area contributed by atoms with Crippen molar-refractivity contribution in [1.29, 1.82) is 0 Å². The van der Waals surface area contributed by atoms with Crippen LogP contribution >= 0.6 is 27.5 Å². The molecule has 22 heavy (non-hydrogen) atoms. The summed E-state index contributed by atoms with van der Waals surface area (Å²) >= 11 is 9.31. The van der Waals surface area contributed by atoms with Gasteiger partial charge < -0.3 is 10.4 Å². The van der Waals surface area contributed by atoms with Gasteiger partial charge in [0.2, 0.25) is 5.91 Å². The number of hydrogen-bond donors (Lipinski definition) is 2. The zero-order valence-electron chi connectivity index (χ0n) is 11.4. The number of hydrogen-bond acceptors (Lipinski definition) is 2. The van der Waals surface area contributed by atoms with Crippen molar-refractivity contribution >= 4 is 45.1 Å². The molecular formula is C16H13BrClNO3. The van der Waals surface area contributed by atoms with Crippen molar-refractivity contribution in [2.45, 2.75) is 12.3 Å². The molecule has 0 aliphatic carbocycles. The van der Waals surface area contributed by atoms with Crippen molar-refractivity contribution in [1.82, 2.24) is 0 Å². The number of anilines is 1. The van der Waals surface area contributed by atoms with Gasteiger partial charge in [0.1, 0.15) is 0 Å². The molecule has 0 unspecified atom stereocenters. The van der Waals surface area contributed by atoms with E-state index in [0.29, 0.717) is 16.3 Å². The van der Waals surface area contributed by atoms with Gasteiger partial charge in [0.05, 0.1) is 16.6 Å². The first-order chi connectivity index (χ1) is 10.5. The van der Waals surface area contributed by atoms with Crippen LogP contribution in [-0.2, 0) is 9.59 Å². The SMILES string of the molecule is O=C(C[C@@H](C(=O)O)c1ccccc1)Nc1ccc(Br)cc1Cl. The molecular weight excluding hydrogens is 370 g/mol. The van der Waals surface area contributed by atoms with Crippen molar-refractivity contribution in [3.8, 4) is 0 Å². The van der Waals surface area contributed by atoms with Crippen molar-refractivity contribution < 1.29 is 14.7 Å². The zero-order chi connectivity index (χ0) is 16.1. The number of carbonyl (C=O) groups is 2. The second-order valence-corrected chi connectivity index (χ2v) is 6.00. The number of amides is 1. The van der Waals surface area contributed by atoms with Gasteiger partial charge in [0.25, 0.3) is 0 Å². The Bertz CT molecular complexity index is 691. The molecule has 6 heteroatoms. The third-order valence-corrected chi connectivity index (χ3v) is 3.90. The topological polar surface area (TPSA) is 66.4 Å². The molecule has 0 saturated heterocycles. The van der Waals surface area contributed by atoms with E-state index in [1.165, 1.54) is 0 Å². The highest BCUT2D eigenvalue weighted by atomic mass is 79.9. The molecule has 1 atom stereocenters. The summed E-state index contributed by atoms with van der Waals surface area (Å²) in [5, 5.41) is 12.3. The maximum Gasteiger partial charge on any atom is 0.311 e. The van der Waals surface area contributed by atoms with Crippen LogP contribution < -0.4 is 5.32 Å². The van der Waals surface area contributed by atoms with Crippen LogP contribution in [0.1, 0.15) is 17.9 Å². The number of aliphatic carboxylic acids is 1. The van der Waals surface area contributed by atoms with E-state index in [1.807, 2.05) is 0 Å². The molecule has 4 nitrogen and oxygen atoms in total. The van der Waals surface area contributed by atoms with E-state index in [-0.39, 0.29) is 6.42 Å². The van der Waals surface area contributed by atoms with E-state index in [4.69, 9.17) is 11.6 Å². The Morgan fingerprint density at radius 1 is 1.18 bits per heavy atom. The third-order valence-electron chi connectivity index (χ3n) is 3.09. The lowest BCUT2D eigenvalue weighted by Gasteiger charge is -2.13. The van der Waals surface area contributed by atoms with Crippen molar-refractivity contribution in [3.63, 3.8) is 0 Å². The monoisotopic (exact) mass is 381 g/mol. The second-order valence-electron chi connectivity index (χ2n) is 4.68. The summed E-state index contributed by atoms with van der Waals surface area (Å²) in [6.07, 6.45) is -0.161. The fourth-order valence-electron chi connectivity index (χ4n) is 2.01. The molecule has 2 aromatic rings. The Labute approximate surface area is 141 Å². The van der Waals surface area contributed by atoms with Gasteiger partial charge >= 0.3 is 5.97 Å². The molecule has 0 aliphatic rings. The lowest BCUT2D eigenvalue weighted by molar-refractivity contribution is -0.140. The highest BCUT2D eigenvalue weighted by molar-refractivity contribution is 9.10. The maximum absolute atomic E-state index is 12.1. The van der Waals surface area contributed by atoms with Crippen LogP contribution in [0.4, 0.5) is 5.69 Å². The summed E-state index contributed by atoms with van der Waals surface area (Å²) in [6.45, 7) is 0. The fourth-order valence-corrected chi connectivity index (χ4v) is 2.73. The lowest BCUT2D eigenvalue weighted by Crippen LogP contribution is -2.21. The Balaban J connectivity index is 2.10. The summed E-state index contributed by atoms with van der Waals surface area (Å²) in [5.41, 5.74) is 1.04. The second kappa shape index (κ2) is 7.42. The minimum atomic E-state index is -1.04. The number of nitrogens with one attached hydrogen (secondary N) is 1. The largest absolute Gasteiger partial charge is 0.481 e. The summed E-state index contributed by atoms with van der Waals surface area (Å²) < 4.78 is 0.795. The molecule has 2 rings (SSSR count). The van der Waals surface area contributed by atoms with Crippen LogP contribution in [-0.4, -0.2) is 17.0 Å². The van der Waals surface area contributed by atoms with Crippen molar-refractivity contribution in [2.75, 3.05) is 5.32 Å². The summed E-state index contributed by atoms with van der Waals surface area (Å²) in [7, 11) is 0. The molecule has 0 radical (unpaired) electrons. The van der Waals surface area contributed by atoms with Gasteiger partial charge in [-0.3, -0.25) is 9.59 Å². The predicted octanol–water partition coefficient (Wildman–Crippen LogP) is 4.30. The molecule has 114 valence electrons. The Hall–Kier alpha value is -1.85. The van der Waals surface area contributed by atoms with Gasteiger partial charge in [-0.05, 0) is 23.8 Å². The molecule has 0 aliphatic heterocycles. The van der Waals surface area contributed by atoms with E-state index in [9.17, 15) is 14.7 Å². The number of carboxylic acids is 1. The van der Waals surface area contributed by atoms with Crippen LogP contribution in [0, 0.1) is 0 Å². The first-order valence-electron chi connectivity index (χ1n) is 6.50. The van der Waals surface area contributed by atoms with E-state index in [2.05, 4.69) is 21.2 Å². The molecule has 0 spiro atoms. The van der Waals surface area contributed by atoms with Crippen LogP contribution in [0.3, 0.4) is 0 Å². The number of benzene rings is 2. The standard InChI is InChI=1S/C16H13BrClNO3/c17-11-6-7-14(13(18)8-11)19-15(20)9-12(16(21)22)10-4-2-1-3-5-10/h1-8,12H,9H2,(H,19,20)(H,21,22)/t12-/m1/s1. The van der Waals surface area contributed by atoms with Gasteiger partial charge in [0.15, 0.2) is 0 Å². The van der Waals surface area contributed by atoms with E-state index >= 15 is 0 Å². The molecule has 0 bridgehead atoms. The molecule has 0 heterocycles. The quantitative estimate of drug-likeness (QED) is 0.810. The first kappa shape index (κ1) is 16.5. The zero-order valence-corrected chi connectivity index (χ0v) is 13.8. The van der Waals surface area contributed by atoms with Crippen molar-refractivity contribution in [2.24, 2.45) is 0 Å². The average Bonchev–Trinajstić information content (AvgIpc) is 2.48. The van der Waals surface area contributed by atoms with Gasteiger partial charge in [-0.2, -0.15) is 0 Å². The predicted molar refractivity (Wildman–Crippen MR) is 89.2 cm³/mol. The smallest absolute Gasteiger partial charge is 0.311 e. The number of carboxylic acid groups (broad SMARTS) is 1. The van der Waals surface area contributed by atoms with Crippen LogP contribution in [0.25, 0.3) is 0 Å². The minimum absolute atomic E-state index is 0.161. The van der Waals surface area contributed by atoms with Crippen LogP contribution in [0.5, 0.6) is 0 Å². The molecule has 0 aromatic heterocycles.